The summed E-state index contributed by atoms with van der Waals surface area (Å²) in [5, 5.41) is 3.02. The van der Waals surface area contributed by atoms with Crippen LogP contribution < -0.4 is 5.32 Å². The molecule has 1 fully saturated rings. The summed E-state index contributed by atoms with van der Waals surface area (Å²) >= 11 is 0. The number of halogens is 3. The molecule has 0 aromatic rings. The van der Waals surface area contributed by atoms with Gasteiger partial charge in [-0.3, -0.25) is 0 Å². The van der Waals surface area contributed by atoms with Gasteiger partial charge in [0.25, 0.3) is 0 Å². The maximum Gasteiger partial charge on any atom is 0.492 e. The molecule has 0 spiro atoms. The first-order valence-corrected chi connectivity index (χ1v) is 5.09. The van der Waals surface area contributed by atoms with Gasteiger partial charge >= 0.3 is 6.98 Å². The van der Waals surface area contributed by atoms with E-state index in [4.69, 9.17) is 0 Å². The predicted octanol–water partition coefficient (Wildman–Crippen LogP) is 1.30. The van der Waals surface area contributed by atoms with Gasteiger partial charge in [0.1, 0.15) is 0 Å². The summed E-state index contributed by atoms with van der Waals surface area (Å²) in [6, 6.07) is 0. The van der Waals surface area contributed by atoms with Crippen molar-refractivity contribution in [1.82, 2.24) is 10.2 Å². The second-order valence-corrected chi connectivity index (χ2v) is 4.04. The zero-order valence-electron chi connectivity index (χ0n) is 8.48. The van der Waals surface area contributed by atoms with Crippen LogP contribution in [0.25, 0.3) is 0 Å². The average Bonchev–Trinajstić information content (AvgIpc) is 2.02. The SMILES string of the molecule is CNCC1CCCN(C[B-](F)(F)F)C1. The zero-order chi connectivity index (χ0) is 10.6. The minimum absolute atomic E-state index is 0.381. The van der Waals surface area contributed by atoms with E-state index >= 15 is 0 Å². The van der Waals surface area contributed by atoms with Crippen LogP contribution in [0.1, 0.15) is 12.8 Å². The quantitative estimate of drug-likeness (QED) is 0.702. The van der Waals surface area contributed by atoms with Crippen LogP contribution in [0.15, 0.2) is 0 Å². The molecule has 84 valence electrons. The van der Waals surface area contributed by atoms with Gasteiger partial charge in [-0.1, -0.05) is 0 Å². The van der Waals surface area contributed by atoms with Crippen molar-refractivity contribution < 1.29 is 12.9 Å². The Morgan fingerprint density at radius 1 is 1.43 bits per heavy atom. The lowest BCUT2D eigenvalue weighted by molar-refractivity contribution is 0.182. The number of hydrogen-bond donors (Lipinski definition) is 1. The van der Waals surface area contributed by atoms with E-state index in [1.165, 1.54) is 4.90 Å². The molecule has 0 saturated carbocycles. The molecule has 6 heteroatoms. The van der Waals surface area contributed by atoms with Crippen LogP contribution in [0.5, 0.6) is 0 Å². The van der Waals surface area contributed by atoms with Crippen molar-refractivity contribution in [2.45, 2.75) is 12.8 Å². The van der Waals surface area contributed by atoms with Gasteiger partial charge in [-0.25, -0.2) is 0 Å². The van der Waals surface area contributed by atoms with Gasteiger partial charge in [-0.15, -0.1) is 0 Å². The van der Waals surface area contributed by atoms with Crippen LogP contribution in [-0.2, 0) is 0 Å². The van der Waals surface area contributed by atoms with Crippen LogP contribution in [-0.4, -0.2) is 45.0 Å². The van der Waals surface area contributed by atoms with Crippen molar-refractivity contribution in [1.29, 1.82) is 0 Å². The van der Waals surface area contributed by atoms with Crippen molar-refractivity contribution in [3.05, 3.63) is 0 Å². The molecule has 1 aliphatic heterocycles. The van der Waals surface area contributed by atoms with Crippen LogP contribution in [0.3, 0.4) is 0 Å². The largest absolute Gasteiger partial charge is 0.492 e. The number of nitrogens with zero attached hydrogens (tertiary/aromatic N) is 1. The minimum atomic E-state index is -4.66. The molecule has 1 unspecified atom stereocenters. The summed E-state index contributed by atoms with van der Waals surface area (Å²) in [6.07, 6.45) is 1.24. The molecule has 0 aromatic carbocycles. The minimum Gasteiger partial charge on any atom is -0.448 e. The normalized spacial score (nSPS) is 25.3. The summed E-state index contributed by atoms with van der Waals surface area (Å²) in [5.41, 5.74) is 0. The van der Waals surface area contributed by atoms with E-state index < -0.39 is 13.4 Å². The Hall–Kier alpha value is -0.225. The summed E-state index contributed by atoms with van der Waals surface area (Å²) in [6.45, 7) is -2.65. The molecule has 1 saturated heterocycles. The fourth-order valence-electron chi connectivity index (χ4n) is 2.07. The van der Waals surface area contributed by atoms with Crippen molar-refractivity contribution in [2.24, 2.45) is 5.92 Å². The van der Waals surface area contributed by atoms with Crippen LogP contribution in [0.4, 0.5) is 12.9 Å². The summed E-state index contributed by atoms with van der Waals surface area (Å²) in [7, 11) is 1.84. The van der Waals surface area contributed by atoms with Crippen LogP contribution >= 0.6 is 0 Å². The lowest BCUT2D eigenvalue weighted by atomic mass is 9.88. The Labute approximate surface area is 82.9 Å². The smallest absolute Gasteiger partial charge is 0.448 e. The van der Waals surface area contributed by atoms with Gasteiger partial charge in [0.15, 0.2) is 0 Å². The molecule has 0 amide bonds. The molecule has 1 heterocycles. The maximum absolute atomic E-state index is 12.2. The van der Waals surface area contributed by atoms with Crippen molar-refractivity contribution in [3.63, 3.8) is 0 Å². The van der Waals surface area contributed by atoms with E-state index in [1.807, 2.05) is 7.05 Å². The third-order valence-corrected chi connectivity index (χ3v) is 2.56. The number of nitrogens with one attached hydrogen (secondary N) is 1. The molecule has 1 aliphatic rings. The van der Waals surface area contributed by atoms with E-state index in [-0.39, 0.29) is 0 Å². The van der Waals surface area contributed by atoms with Crippen molar-refractivity contribution >= 4 is 6.98 Å². The summed E-state index contributed by atoms with van der Waals surface area (Å²) < 4.78 is 36.5. The molecule has 2 nitrogen and oxygen atoms in total. The summed E-state index contributed by atoms with van der Waals surface area (Å²) in [4.78, 5) is 1.53. The molecule has 1 atom stereocenters. The van der Waals surface area contributed by atoms with E-state index in [9.17, 15) is 12.9 Å². The molecule has 1 rings (SSSR count). The highest BCUT2D eigenvalue weighted by Gasteiger charge is 2.29. The number of likely N-dealkylation sites (tertiary alicyclic amines) is 1. The van der Waals surface area contributed by atoms with Crippen molar-refractivity contribution in [2.75, 3.05) is 33.1 Å². The topological polar surface area (TPSA) is 15.3 Å². The maximum atomic E-state index is 12.2. The highest BCUT2D eigenvalue weighted by atomic mass is 19.4. The van der Waals surface area contributed by atoms with Gasteiger partial charge in [0, 0.05) is 0 Å². The Bertz CT molecular complexity index is 172. The van der Waals surface area contributed by atoms with Gasteiger partial charge in [-0.05, 0) is 51.9 Å². The first kappa shape index (κ1) is 11.8. The lowest BCUT2D eigenvalue weighted by Gasteiger charge is -2.35. The molecule has 0 aromatic heterocycles. The molecule has 0 radical (unpaired) electrons. The van der Waals surface area contributed by atoms with Crippen LogP contribution in [0, 0.1) is 5.92 Å². The second kappa shape index (κ2) is 5.02. The van der Waals surface area contributed by atoms with E-state index in [0.717, 1.165) is 19.4 Å². The molecule has 0 aliphatic carbocycles. The Morgan fingerprint density at radius 3 is 2.71 bits per heavy atom. The summed E-state index contributed by atoms with van der Waals surface area (Å²) in [5.74, 6) is 0.381. The lowest BCUT2D eigenvalue weighted by Crippen LogP contribution is -2.45. The monoisotopic (exact) mass is 209 g/mol. The second-order valence-electron chi connectivity index (χ2n) is 4.04. The van der Waals surface area contributed by atoms with Gasteiger partial charge in [0.05, 0.1) is 0 Å². The van der Waals surface area contributed by atoms with Crippen LogP contribution in [0.2, 0.25) is 0 Å². The highest BCUT2D eigenvalue weighted by molar-refractivity contribution is 6.58. The molecule has 1 N–H and O–H groups in total. The third-order valence-electron chi connectivity index (χ3n) is 2.56. The van der Waals surface area contributed by atoms with Gasteiger partial charge < -0.3 is 23.2 Å². The predicted molar refractivity (Wildman–Crippen MR) is 52.2 cm³/mol. The number of hydrogen-bond acceptors (Lipinski definition) is 2. The molecular weight excluding hydrogens is 192 g/mol. The fraction of sp³-hybridized carbons (Fsp3) is 1.00. The average molecular weight is 209 g/mol. The Kier molecular flexibility index (Phi) is 4.25. The van der Waals surface area contributed by atoms with Gasteiger partial charge in [0.2, 0.25) is 0 Å². The zero-order valence-corrected chi connectivity index (χ0v) is 8.48. The first-order chi connectivity index (χ1) is 6.51. The Balaban J connectivity index is 2.32. The van der Waals surface area contributed by atoms with Crippen molar-refractivity contribution in [3.8, 4) is 0 Å². The van der Waals surface area contributed by atoms with Gasteiger partial charge in [-0.2, -0.15) is 0 Å². The molecule has 0 bridgehead atoms. The number of rotatable bonds is 4. The third kappa shape index (κ3) is 4.33. The molecule has 14 heavy (non-hydrogen) atoms. The highest BCUT2D eigenvalue weighted by Crippen LogP contribution is 2.19. The molecular formula is C8H17BF3N2-. The van der Waals surface area contributed by atoms with E-state index in [2.05, 4.69) is 5.32 Å². The Morgan fingerprint density at radius 2 is 2.14 bits per heavy atom. The standard InChI is InChI=1S/C8H17BF3N2/c1-13-5-8-3-2-4-14(6-8)7-9(10,11)12/h8,13H,2-7H2,1H3/q-1. The fourth-order valence-corrected chi connectivity index (χ4v) is 2.07. The number of piperidine rings is 1. The first-order valence-electron chi connectivity index (χ1n) is 5.09. The van der Waals surface area contributed by atoms with E-state index in [1.54, 1.807) is 0 Å². The van der Waals surface area contributed by atoms with E-state index in [0.29, 0.717) is 19.0 Å².